The summed E-state index contributed by atoms with van der Waals surface area (Å²) in [4.78, 5) is 47.3. The average Bonchev–Trinajstić information content (AvgIpc) is 3.71. The maximum Gasteiger partial charge on any atom is 0.251 e. The second-order valence-corrected chi connectivity index (χ2v) is 12.7. The Bertz CT molecular complexity index is 1930. The summed E-state index contributed by atoms with van der Waals surface area (Å²) in [5.41, 5.74) is 6.35. The standard InChI is InChI=1S/C36H38N6O5/c1-22-13-24(14-28-21-38-42(3)31(22)28)16-30-34(44)41(2)8-10-47-12-11-46-9-4-5-23-15-29-32(37-20-23)40-35(45)36(29)18-26-7-6-25(33(43)39-30)17-27(26)19-36/h4-7,13-15,17,20-21,30H,8-12,16,18-19H2,1-3H3,(H,39,43)(H,37,40,45)/b5-4-/t30-,36-/m1/s1. The van der Waals surface area contributed by atoms with E-state index in [-0.39, 0.29) is 17.7 Å². The lowest BCUT2D eigenvalue weighted by Gasteiger charge is -2.25. The monoisotopic (exact) mass is 634 g/mol. The molecule has 5 bridgehead atoms. The van der Waals surface area contributed by atoms with Crippen molar-refractivity contribution in [2.24, 2.45) is 7.05 Å². The van der Waals surface area contributed by atoms with Crippen molar-refractivity contribution >= 4 is 40.5 Å². The van der Waals surface area contributed by atoms with Crippen LogP contribution in [0.25, 0.3) is 17.0 Å². The average molecular weight is 635 g/mol. The van der Waals surface area contributed by atoms with E-state index >= 15 is 0 Å². The van der Waals surface area contributed by atoms with Gasteiger partial charge in [-0.2, -0.15) is 5.10 Å². The Balaban J connectivity index is 1.20. The smallest absolute Gasteiger partial charge is 0.251 e. The van der Waals surface area contributed by atoms with E-state index in [0.29, 0.717) is 63.6 Å². The molecule has 47 heavy (non-hydrogen) atoms. The molecule has 0 fully saturated rings. The summed E-state index contributed by atoms with van der Waals surface area (Å²) in [5.74, 6) is -0.0701. The second-order valence-electron chi connectivity index (χ2n) is 12.7. The predicted octanol–water partition coefficient (Wildman–Crippen LogP) is 3.12. The first-order valence-electron chi connectivity index (χ1n) is 15.9. The van der Waals surface area contributed by atoms with Gasteiger partial charge in [-0.1, -0.05) is 24.3 Å². The number of carbonyl (C=O) groups is 3. The third-order valence-corrected chi connectivity index (χ3v) is 9.51. The number of likely N-dealkylation sites (N-methyl/N-ethyl adjacent to an activating group) is 1. The molecule has 0 saturated carbocycles. The third-order valence-electron chi connectivity index (χ3n) is 9.51. The van der Waals surface area contributed by atoms with Crippen molar-refractivity contribution in [3.8, 4) is 0 Å². The number of amides is 3. The van der Waals surface area contributed by atoms with Gasteiger partial charge in [-0.25, -0.2) is 4.98 Å². The molecular formula is C36H38N6O5. The summed E-state index contributed by atoms with van der Waals surface area (Å²) < 4.78 is 13.3. The van der Waals surface area contributed by atoms with Crippen LogP contribution in [-0.4, -0.2) is 83.4 Å². The molecule has 3 aliphatic rings. The maximum atomic E-state index is 13.8. The van der Waals surface area contributed by atoms with Crippen LogP contribution < -0.4 is 10.6 Å². The summed E-state index contributed by atoms with van der Waals surface area (Å²) in [5, 5.41) is 11.4. The summed E-state index contributed by atoms with van der Waals surface area (Å²) in [6.07, 6.45) is 8.69. The van der Waals surface area contributed by atoms with Gasteiger partial charge in [0.15, 0.2) is 0 Å². The minimum Gasteiger partial charge on any atom is -0.377 e. The number of aryl methyl sites for hydroxylation is 2. The van der Waals surface area contributed by atoms with Gasteiger partial charge in [0.2, 0.25) is 11.8 Å². The van der Waals surface area contributed by atoms with Gasteiger partial charge in [-0.05, 0) is 71.8 Å². The maximum absolute atomic E-state index is 13.8. The third kappa shape index (κ3) is 5.81. The highest BCUT2D eigenvalue weighted by molar-refractivity contribution is 6.06. The van der Waals surface area contributed by atoms with Gasteiger partial charge in [0.25, 0.3) is 5.91 Å². The number of anilines is 1. The zero-order valence-corrected chi connectivity index (χ0v) is 26.8. The quantitative estimate of drug-likeness (QED) is 0.347. The lowest BCUT2D eigenvalue weighted by atomic mass is 9.79. The Morgan fingerprint density at radius 2 is 1.81 bits per heavy atom. The summed E-state index contributed by atoms with van der Waals surface area (Å²) >= 11 is 0. The SMILES string of the molecule is Cc1cc(C[C@H]2NC(=O)c3ccc4c(c3)C[C@@]3(C4)C(=O)Nc4ncc(cc43)/C=C\COCCOCCN(C)C2=O)cc2cnn(C)c12. The molecule has 2 atom stereocenters. The van der Waals surface area contributed by atoms with Gasteiger partial charge in [-0.15, -0.1) is 0 Å². The van der Waals surface area contributed by atoms with E-state index in [0.717, 1.165) is 44.3 Å². The molecule has 2 N–H and O–H groups in total. The Morgan fingerprint density at radius 3 is 2.68 bits per heavy atom. The Labute approximate surface area is 272 Å². The highest BCUT2D eigenvalue weighted by Gasteiger charge is 2.51. The lowest BCUT2D eigenvalue weighted by molar-refractivity contribution is -0.132. The molecule has 0 radical (unpaired) electrons. The zero-order valence-electron chi connectivity index (χ0n) is 26.8. The van der Waals surface area contributed by atoms with E-state index in [1.54, 1.807) is 24.2 Å². The fraction of sp³-hybridized carbons (Fsp3) is 0.361. The minimum atomic E-state index is -0.814. The van der Waals surface area contributed by atoms with E-state index < -0.39 is 11.5 Å². The number of nitrogens with one attached hydrogen (secondary N) is 2. The fourth-order valence-corrected chi connectivity index (χ4v) is 7.11. The zero-order chi connectivity index (χ0) is 32.7. The van der Waals surface area contributed by atoms with E-state index in [1.807, 2.05) is 67.3 Å². The largest absolute Gasteiger partial charge is 0.377 e. The Hall–Kier alpha value is -4.87. The van der Waals surface area contributed by atoms with Gasteiger partial charge < -0.3 is 25.0 Å². The van der Waals surface area contributed by atoms with E-state index in [2.05, 4.69) is 20.7 Å². The highest BCUT2D eigenvalue weighted by atomic mass is 16.5. The predicted molar refractivity (Wildman–Crippen MR) is 177 cm³/mol. The first kappa shape index (κ1) is 30.8. The number of nitrogens with zero attached hydrogens (tertiary/aromatic N) is 4. The minimum absolute atomic E-state index is 0.0873. The van der Waals surface area contributed by atoms with Crippen molar-refractivity contribution in [3.63, 3.8) is 0 Å². The number of rotatable bonds is 2. The molecule has 4 heterocycles. The number of pyridine rings is 1. The molecule has 7 rings (SSSR count). The van der Waals surface area contributed by atoms with E-state index in [1.165, 1.54) is 0 Å². The number of fused-ring (bicyclic) bond motifs is 3. The van der Waals surface area contributed by atoms with Crippen molar-refractivity contribution in [1.29, 1.82) is 0 Å². The topological polar surface area (TPSA) is 128 Å². The molecule has 11 nitrogen and oxygen atoms in total. The number of ether oxygens (including phenoxy) is 2. The molecule has 0 unspecified atom stereocenters. The summed E-state index contributed by atoms with van der Waals surface area (Å²) in [7, 11) is 3.63. The highest BCUT2D eigenvalue weighted by Crippen LogP contribution is 2.47. The number of hydrogen-bond donors (Lipinski definition) is 2. The first-order valence-corrected chi connectivity index (χ1v) is 15.9. The summed E-state index contributed by atoms with van der Waals surface area (Å²) in [6.45, 7) is 3.91. The first-order chi connectivity index (χ1) is 22.7. The normalized spacial score (nSPS) is 22.6. The van der Waals surface area contributed by atoms with Crippen LogP contribution >= 0.6 is 0 Å². The molecule has 3 amide bonds. The van der Waals surface area contributed by atoms with E-state index in [9.17, 15) is 14.4 Å². The van der Waals surface area contributed by atoms with Crippen LogP contribution in [0.4, 0.5) is 5.82 Å². The van der Waals surface area contributed by atoms with Gasteiger partial charge in [0.1, 0.15) is 11.9 Å². The summed E-state index contributed by atoms with van der Waals surface area (Å²) in [6, 6.07) is 10.8. The van der Waals surface area contributed by atoms with Crippen LogP contribution in [0.5, 0.6) is 0 Å². The van der Waals surface area contributed by atoms with Crippen molar-refractivity contribution in [2.45, 2.75) is 37.6 Å². The van der Waals surface area contributed by atoms with Crippen molar-refractivity contribution in [1.82, 2.24) is 25.0 Å². The molecule has 11 heteroatoms. The number of hydrogen-bond acceptors (Lipinski definition) is 7. The molecule has 2 aromatic carbocycles. The number of aromatic nitrogens is 3. The van der Waals surface area contributed by atoms with Gasteiger partial charge in [0.05, 0.1) is 43.6 Å². The van der Waals surface area contributed by atoms with Crippen molar-refractivity contribution in [3.05, 3.63) is 93.8 Å². The molecule has 1 aliphatic carbocycles. The number of carbonyl (C=O) groups excluding carboxylic acids is 3. The lowest BCUT2D eigenvalue weighted by Crippen LogP contribution is -2.49. The molecule has 2 aliphatic heterocycles. The Morgan fingerprint density at radius 1 is 0.979 bits per heavy atom. The molecule has 242 valence electrons. The molecule has 2 aromatic heterocycles. The van der Waals surface area contributed by atoms with Crippen molar-refractivity contribution < 1.29 is 23.9 Å². The van der Waals surface area contributed by atoms with Crippen LogP contribution in [0.1, 0.15) is 43.7 Å². The molecule has 4 aromatic rings. The van der Waals surface area contributed by atoms with E-state index in [4.69, 9.17) is 9.47 Å². The molecule has 0 saturated heterocycles. The fourth-order valence-electron chi connectivity index (χ4n) is 7.11. The van der Waals surface area contributed by atoms with Gasteiger partial charge in [-0.3, -0.25) is 19.1 Å². The van der Waals surface area contributed by atoms with Gasteiger partial charge >= 0.3 is 0 Å². The van der Waals surface area contributed by atoms with Crippen LogP contribution in [0.3, 0.4) is 0 Å². The van der Waals surface area contributed by atoms with Gasteiger partial charge in [0, 0.05) is 49.8 Å². The molecular weight excluding hydrogens is 596 g/mol. The second kappa shape index (κ2) is 12.4. The molecule has 1 spiro atoms. The Kier molecular flexibility index (Phi) is 8.11. The van der Waals surface area contributed by atoms with Crippen molar-refractivity contribution in [2.75, 3.05) is 45.3 Å². The van der Waals surface area contributed by atoms with Crippen LogP contribution in [0, 0.1) is 6.92 Å². The van der Waals surface area contributed by atoms with Crippen LogP contribution in [0.2, 0.25) is 0 Å². The number of benzene rings is 2. The van der Waals surface area contributed by atoms with Crippen LogP contribution in [-0.2, 0) is 50.8 Å². The van der Waals surface area contributed by atoms with Crippen LogP contribution in [0.15, 0.2) is 54.9 Å².